The second-order valence-corrected chi connectivity index (χ2v) is 23.8. The van der Waals surface area contributed by atoms with Crippen molar-refractivity contribution >= 4 is 11.9 Å². The van der Waals surface area contributed by atoms with Gasteiger partial charge in [-0.05, 0) is 83.5 Å². The highest BCUT2D eigenvalue weighted by molar-refractivity contribution is 5.76. The molecule has 0 radical (unpaired) electrons. The number of nitrogens with one attached hydrogen (secondary N) is 1. The van der Waals surface area contributed by atoms with Crippen molar-refractivity contribution in [3.8, 4) is 0 Å². The van der Waals surface area contributed by atoms with E-state index < -0.39 is 49.5 Å². The third-order valence-electron chi connectivity index (χ3n) is 16.1. The van der Waals surface area contributed by atoms with Crippen LogP contribution in [0.2, 0.25) is 0 Å². The summed E-state index contributed by atoms with van der Waals surface area (Å²) in [5.74, 6) is -0.194. The van der Waals surface area contributed by atoms with Crippen LogP contribution in [-0.4, -0.2) is 100 Å². The second-order valence-electron chi connectivity index (χ2n) is 23.8. The number of ether oxygens (including phenoxy) is 3. The van der Waals surface area contributed by atoms with Gasteiger partial charge in [-0.1, -0.05) is 280 Å². The molecule has 1 heterocycles. The van der Waals surface area contributed by atoms with Gasteiger partial charge in [0.05, 0.1) is 32.0 Å². The lowest BCUT2D eigenvalue weighted by molar-refractivity contribution is -0.302. The maximum Gasteiger partial charge on any atom is 0.305 e. The van der Waals surface area contributed by atoms with E-state index in [0.717, 1.165) is 77.0 Å². The molecular weight excluding hydrogens is 1030 g/mol. The molecule has 7 atom stereocenters. The Bertz CT molecular complexity index is 1550. The molecule has 0 spiro atoms. The Balaban J connectivity index is 1.96. The summed E-state index contributed by atoms with van der Waals surface area (Å²) in [7, 11) is 0. The number of aliphatic hydroxyl groups excluding tert-OH is 5. The summed E-state index contributed by atoms with van der Waals surface area (Å²) in [4.78, 5) is 25.1. The summed E-state index contributed by atoms with van der Waals surface area (Å²) in [6.45, 7) is 4.22. The Morgan fingerprint density at radius 2 is 0.866 bits per heavy atom. The highest BCUT2D eigenvalue weighted by Crippen LogP contribution is 2.23. The molecular formula is C71H129NO10. The van der Waals surface area contributed by atoms with Gasteiger partial charge in [-0.25, -0.2) is 0 Å². The lowest BCUT2D eigenvalue weighted by Crippen LogP contribution is -2.60. The highest BCUT2D eigenvalue weighted by Gasteiger charge is 2.44. The van der Waals surface area contributed by atoms with Gasteiger partial charge in [0, 0.05) is 12.8 Å². The van der Waals surface area contributed by atoms with Gasteiger partial charge in [-0.2, -0.15) is 0 Å². The molecule has 0 aromatic rings. The van der Waals surface area contributed by atoms with Gasteiger partial charge in [-0.3, -0.25) is 9.59 Å². The molecule has 0 saturated carbocycles. The smallest absolute Gasteiger partial charge is 0.305 e. The van der Waals surface area contributed by atoms with Crippen LogP contribution in [0, 0.1) is 0 Å². The molecule has 1 rings (SSSR count). The van der Waals surface area contributed by atoms with Crippen molar-refractivity contribution in [3.05, 3.63) is 60.8 Å². The van der Waals surface area contributed by atoms with E-state index >= 15 is 0 Å². The first-order valence-electron chi connectivity index (χ1n) is 34.6. The van der Waals surface area contributed by atoms with Crippen molar-refractivity contribution in [2.24, 2.45) is 0 Å². The van der Waals surface area contributed by atoms with Crippen molar-refractivity contribution in [1.82, 2.24) is 5.32 Å². The molecule has 7 unspecified atom stereocenters. The van der Waals surface area contributed by atoms with Crippen molar-refractivity contribution < 1.29 is 49.3 Å². The summed E-state index contributed by atoms with van der Waals surface area (Å²) in [6.07, 6.45) is 69.4. The van der Waals surface area contributed by atoms with Gasteiger partial charge in [0.1, 0.15) is 24.4 Å². The Hall–Kier alpha value is -2.64. The third-order valence-corrected chi connectivity index (χ3v) is 16.1. The van der Waals surface area contributed by atoms with Crippen molar-refractivity contribution in [2.45, 2.75) is 358 Å². The zero-order chi connectivity index (χ0) is 59.5. The van der Waals surface area contributed by atoms with Crippen LogP contribution < -0.4 is 5.32 Å². The van der Waals surface area contributed by atoms with E-state index in [2.05, 4.69) is 67.8 Å². The zero-order valence-corrected chi connectivity index (χ0v) is 52.9. The Kier molecular flexibility index (Phi) is 56.7. The summed E-state index contributed by atoms with van der Waals surface area (Å²) >= 11 is 0. The van der Waals surface area contributed by atoms with E-state index in [4.69, 9.17) is 14.2 Å². The van der Waals surface area contributed by atoms with Crippen molar-refractivity contribution in [1.29, 1.82) is 0 Å². The molecule has 1 amide bonds. The predicted octanol–water partition coefficient (Wildman–Crippen LogP) is 17.3. The molecule has 1 aliphatic heterocycles. The van der Waals surface area contributed by atoms with Crippen LogP contribution in [0.1, 0.15) is 316 Å². The van der Waals surface area contributed by atoms with E-state index in [1.54, 1.807) is 6.08 Å². The Morgan fingerprint density at radius 1 is 0.463 bits per heavy atom. The van der Waals surface area contributed by atoms with Crippen LogP contribution in [0.4, 0.5) is 0 Å². The van der Waals surface area contributed by atoms with Crippen LogP contribution >= 0.6 is 0 Å². The maximum atomic E-state index is 13.0. The third kappa shape index (κ3) is 48.6. The average molecular weight is 1160 g/mol. The largest absolute Gasteiger partial charge is 0.466 e. The molecule has 1 saturated heterocycles. The van der Waals surface area contributed by atoms with Crippen LogP contribution in [0.15, 0.2) is 60.8 Å². The molecule has 1 fully saturated rings. The van der Waals surface area contributed by atoms with Crippen LogP contribution in [-0.2, 0) is 23.8 Å². The fraction of sp³-hybridized carbons (Fsp3) is 0.831. The number of aliphatic hydroxyl groups is 5. The molecule has 11 heteroatoms. The molecule has 82 heavy (non-hydrogen) atoms. The molecule has 0 bridgehead atoms. The number of esters is 1. The minimum atomic E-state index is -1.58. The normalized spacial score (nSPS) is 18.5. The molecule has 1 aliphatic rings. The number of hydrogen-bond acceptors (Lipinski definition) is 10. The first-order valence-corrected chi connectivity index (χ1v) is 34.6. The summed E-state index contributed by atoms with van der Waals surface area (Å²) in [6, 6.07) is -0.835. The average Bonchev–Trinajstić information content (AvgIpc) is 3.50. The number of carbonyl (C=O) groups is 2. The number of unbranched alkanes of at least 4 members (excludes halogenated alkanes) is 38. The van der Waals surface area contributed by atoms with Gasteiger partial charge < -0.3 is 45.1 Å². The SMILES string of the molecule is CC/C=C/CC/C=C/CC/C=C/C(O)C(COC1OC(CO)C(O)C(O)C1O)NC(=O)CCCCCCCCCCCCCCC/C=C\C/C=C\CCCCCCCCCCCOC(=O)CCCCCCCCCCCCCCCCC. The number of hydrogen-bond donors (Lipinski definition) is 6. The maximum absolute atomic E-state index is 13.0. The van der Waals surface area contributed by atoms with Gasteiger partial charge in [0.15, 0.2) is 6.29 Å². The van der Waals surface area contributed by atoms with E-state index in [1.165, 1.54) is 212 Å². The first kappa shape index (κ1) is 77.4. The number of rotatable bonds is 60. The topological polar surface area (TPSA) is 175 Å². The first-order chi connectivity index (χ1) is 40.2. The molecule has 0 aromatic carbocycles. The minimum Gasteiger partial charge on any atom is -0.466 e. The number of amides is 1. The molecule has 478 valence electrons. The van der Waals surface area contributed by atoms with Gasteiger partial charge >= 0.3 is 5.97 Å². The van der Waals surface area contributed by atoms with Crippen LogP contribution in [0.25, 0.3) is 0 Å². The molecule has 0 aromatic heterocycles. The van der Waals surface area contributed by atoms with E-state index in [1.807, 2.05) is 6.08 Å². The Labute approximate surface area is 503 Å². The quantitative estimate of drug-likeness (QED) is 0.0195. The lowest BCUT2D eigenvalue weighted by atomic mass is 9.99. The number of carbonyl (C=O) groups excluding carboxylic acids is 2. The summed E-state index contributed by atoms with van der Waals surface area (Å²) < 4.78 is 16.7. The van der Waals surface area contributed by atoms with Gasteiger partial charge in [-0.15, -0.1) is 0 Å². The molecule has 11 nitrogen and oxygen atoms in total. The second kappa shape index (κ2) is 60.1. The fourth-order valence-corrected chi connectivity index (χ4v) is 10.7. The standard InChI is InChI=1S/C71H129NO10/c1-3-5-7-9-11-13-15-16-32-36-39-43-47-51-55-59-67(76)80-60-56-52-48-44-40-37-34-31-29-27-25-23-21-19-17-18-20-22-24-26-28-30-33-35-38-42-46-50-54-58-66(75)72-63(62-81-71-70(79)69(78)68(77)65(61-73)82-71)64(74)57-53-49-45-41-14-12-10-8-6-4-2/h6,8,14,17,19,23,25,41,53,57,63-65,68-71,73-74,77-79H,3-5,7,9-13,15-16,18,20-22,24,26-40,42-52,54-56,58-62H2,1-2H3,(H,72,75)/b8-6+,19-17-,25-23-,41-14+,57-53+. The van der Waals surface area contributed by atoms with Crippen LogP contribution in [0.5, 0.6) is 0 Å². The van der Waals surface area contributed by atoms with E-state index in [9.17, 15) is 35.1 Å². The molecule has 0 aliphatic carbocycles. The minimum absolute atomic E-state index is 0.00548. The summed E-state index contributed by atoms with van der Waals surface area (Å²) in [5.41, 5.74) is 0. The molecule has 6 N–H and O–H groups in total. The van der Waals surface area contributed by atoms with Crippen LogP contribution in [0.3, 0.4) is 0 Å². The predicted molar refractivity (Wildman–Crippen MR) is 343 cm³/mol. The van der Waals surface area contributed by atoms with Gasteiger partial charge in [0.2, 0.25) is 5.91 Å². The Morgan fingerprint density at radius 3 is 1.33 bits per heavy atom. The van der Waals surface area contributed by atoms with Crippen molar-refractivity contribution in [3.63, 3.8) is 0 Å². The van der Waals surface area contributed by atoms with E-state index in [0.29, 0.717) is 19.4 Å². The van der Waals surface area contributed by atoms with Gasteiger partial charge in [0.25, 0.3) is 0 Å². The van der Waals surface area contributed by atoms with E-state index in [-0.39, 0.29) is 18.5 Å². The zero-order valence-electron chi connectivity index (χ0n) is 52.9. The fourth-order valence-electron chi connectivity index (χ4n) is 10.7. The van der Waals surface area contributed by atoms with Crippen molar-refractivity contribution in [2.75, 3.05) is 19.8 Å². The lowest BCUT2D eigenvalue weighted by Gasteiger charge is -2.40. The monoisotopic (exact) mass is 1160 g/mol. The number of allylic oxidation sites excluding steroid dienone is 9. The summed E-state index contributed by atoms with van der Waals surface area (Å²) in [5, 5.41) is 54.3. The highest BCUT2D eigenvalue weighted by atomic mass is 16.7.